The fourth-order valence-electron chi connectivity index (χ4n) is 1.61. The number of rotatable bonds is 0. The molecule has 60 valence electrons. The van der Waals surface area contributed by atoms with E-state index < -0.39 is 0 Å². The Morgan fingerprint density at radius 1 is 1.17 bits per heavy atom. The molecule has 0 unspecified atom stereocenters. The largest absolute Gasteiger partial charge is 0.103 e. The van der Waals surface area contributed by atoms with Crippen LogP contribution in [0.4, 0.5) is 0 Å². The van der Waals surface area contributed by atoms with Gasteiger partial charge in [0.15, 0.2) is 0 Å². The van der Waals surface area contributed by atoms with Crippen LogP contribution in [0.3, 0.4) is 0 Å². The summed E-state index contributed by atoms with van der Waals surface area (Å²) in [5, 5.41) is 0. The highest BCUT2D eigenvalue weighted by molar-refractivity contribution is 5.36. The van der Waals surface area contributed by atoms with Crippen LogP contribution in [0.2, 0.25) is 0 Å². The molecule has 2 rings (SSSR count). The van der Waals surface area contributed by atoms with Crippen LogP contribution in [0.1, 0.15) is 23.1 Å². The molecule has 0 saturated carbocycles. The lowest BCUT2D eigenvalue weighted by Crippen LogP contribution is -1.91. The van der Waals surface area contributed by atoms with Gasteiger partial charge in [-0.15, -0.1) is 5.92 Å². The average molecular weight is 156 g/mol. The number of benzene rings is 1. The quantitative estimate of drug-likeness (QED) is 0.506. The van der Waals surface area contributed by atoms with Gasteiger partial charge in [0.1, 0.15) is 0 Å². The first-order chi connectivity index (χ1) is 5.86. The van der Waals surface area contributed by atoms with E-state index in [0.29, 0.717) is 0 Å². The van der Waals surface area contributed by atoms with Crippen LogP contribution in [-0.2, 0) is 12.8 Å². The van der Waals surface area contributed by atoms with E-state index in [4.69, 9.17) is 0 Å². The van der Waals surface area contributed by atoms with Crippen LogP contribution < -0.4 is 0 Å². The first-order valence-corrected chi connectivity index (χ1v) is 4.40. The summed E-state index contributed by atoms with van der Waals surface area (Å²) in [5.74, 6) is 6.34. The van der Waals surface area contributed by atoms with Gasteiger partial charge in [-0.1, -0.05) is 29.7 Å². The van der Waals surface area contributed by atoms with Gasteiger partial charge in [-0.3, -0.25) is 0 Å². The average Bonchev–Trinajstić information content (AvgIpc) is 2.28. The van der Waals surface area contributed by atoms with Gasteiger partial charge in [0.25, 0.3) is 0 Å². The maximum atomic E-state index is 3.18. The Kier molecular flexibility index (Phi) is 1.87. The van der Waals surface area contributed by atoms with Crippen molar-refractivity contribution in [2.75, 3.05) is 0 Å². The molecule has 0 fully saturated rings. The second kappa shape index (κ2) is 3.03. The number of hydrogen-bond acceptors (Lipinski definition) is 0. The predicted octanol–water partition coefficient (Wildman–Crippen LogP) is 2.49. The molecule has 1 aromatic carbocycles. The number of hydrogen-bond donors (Lipinski definition) is 0. The van der Waals surface area contributed by atoms with Crippen molar-refractivity contribution >= 4 is 0 Å². The van der Waals surface area contributed by atoms with Crippen LogP contribution in [0, 0.1) is 18.8 Å². The molecular formula is C12H12. The van der Waals surface area contributed by atoms with Gasteiger partial charge >= 0.3 is 0 Å². The Morgan fingerprint density at radius 3 is 3.00 bits per heavy atom. The summed E-state index contributed by atoms with van der Waals surface area (Å²) in [6, 6.07) is 6.68. The summed E-state index contributed by atoms with van der Waals surface area (Å²) in [5.41, 5.74) is 4.25. The topological polar surface area (TPSA) is 0 Å². The van der Waals surface area contributed by atoms with Crippen molar-refractivity contribution in [2.45, 2.75) is 26.2 Å². The maximum absolute atomic E-state index is 3.18. The van der Waals surface area contributed by atoms with Crippen molar-refractivity contribution in [3.63, 3.8) is 0 Å². The highest BCUT2D eigenvalue weighted by atomic mass is 14.1. The zero-order valence-corrected chi connectivity index (χ0v) is 7.35. The van der Waals surface area contributed by atoms with Gasteiger partial charge in [-0.25, -0.2) is 0 Å². The number of aryl methyl sites for hydroxylation is 2. The lowest BCUT2D eigenvalue weighted by Gasteiger charge is -2.04. The molecule has 0 bridgehead atoms. The lowest BCUT2D eigenvalue weighted by molar-refractivity contribution is 1.01. The fraction of sp³-hybridized carbons (Fsp3) is 0.333. The zero-order valence-electron chi connectivity index (χ0n) is 7.35. The molecule has 1 aliphatic carbocycles. The molecule has 1 aliphatic rings. The summed E-state index contributed by atoms with van der Waals surface area (Å²) in [6.45, 7) is 2.14. The molecule has 12 heavy (non-hydrogen) atoms. The Balaban J connectivity index is 2.44. The van der Waals surface area contributed by atoms with E-state index in [-0.39, 0.29) is 0 Å². The molecule has 0 saturated heterocycles. The third-order valence-electron chi connectivity index (χ3n) is 2.28. The molecular weight excluding hydrogens is 144 g/mol. The standard InChI is InChI=1S/C12H12/c1-10-7-8-11-5-3-2-4-6-12(11)9-10/h7-9H,3,5-6H2,1H3. The third-order valence-corrected chi connectivity index (χ3v) is 2.28. The normalized spacial score (nSPS) is 14.1. The molecule has 0 amide bonds. The molecule has 0 heteroatoms. The summed E-state index contributed by atoms with van der Waals surface area (Å²) < 4.78 is 0. The Bertz CT molecular complexity index is 350. The molecule has 0 N–H and O–H groups in total. The van der Waals surface area contributed by atoms with E-state index in [0.717, 1.165) is 19.3 Å². The van der Waals surface area contributed by atoms with Crippen molar-refractivity contribution in [1.29, 1.82) is 0 Å². The minimum Gasteiger partial charge on any atom is -0.103 e. The van der Waals surface area contributed by atoms with Crippen molar-refractivity contribution in [1.82, 2.24) is 0 Å². The molecule has 0 aromatic heterocycles. The first-order valence-electron chi connectivity index (χ1n) is 4.40. The van der Waals surface area contributed by atoms with Gasteiger partial charge < -0.3 is 0 Å². The van der Waals surface area contributed by atoms with Crippen molar-refractivity contribution < 1.29 is 0 Å². The monoisotopic (exact) mass is 156 g/mol. The van der Waals surface area contributed by atoms with Crippen molar-refractivity contribution in [3.05, 3.63) is 34.9 Å². The second-order valence-electron chi connectivity index (χ2n) is 3.30. The van der Waals surface area contributed by atoms with E-state index >= 15 is 0 Å². The van der Waals surface area contributed by atoms with E-state index in [1.54, 1.807) is 0 Å². The van der Waals surface area contributed by atoms with Gasteiger partial charge in [-0.2, -0.15) is 0 Å². The maximum Gasteiger partial charge on any atom is 0.0343 e. The van der Waals surface area contributed by atoms with Gasteiger partial charge in [-0.05, 0) is 24.5 Å². The van der Waals surface area contributed by atoms with Gasteiger partial charge in [0, 0.05) is 12.8 Å². The molecule has 0 spiro atoms. The van der Waals surface area contributed by atoms with Gasteiger partial charge in [0.2, 0.25) is 0 Å². The minimum absolute atomic E-state index is 0.941. The molecule has 1 aromatic rings. The molecule has 0 heterocycles. The molecule has 0 radical (unpaired) electrons. The summed E-state index contributed by atoms with van der Waals surface area (Å²) in [4.78, 5) is 0. The zero-order chi connectivity index (χ0) is 8.39. The van der Waals surface area contributed by atoms with E-state index in [2.05, 4.69) is 37.0 Å². The van der Waals surface area contributed by atoms with Crippen LogP contribution in [0.5, 0.6) is 0 Å². The third kappa shape index (κ3) is 1.36. The second-order valence-corrected chi connectivity index (χ2v) is 3.30. The lowest BCUT2D eigenvalue weighted by atomic mass is 10.0. The van der Waals surface area contributed by atoms with Crippen LogP contribution >= 0.6 is 0 Å². The molecule has 0 atom stereocenters. The smallest absolute Gasteiger partial charge is 0.0343 e. The highest BCUT2D eigenvalue weighted by Crippen LogP contribution is 2.15. The van der Waals surface area contributed by atoms with Crippen LogP contribution in [0.15, 0.2) is 18.2 Å². The SMILES string of the molecule is Cc1ccc2c(c1)CC#CCC2. The molecule has 0 nitrogen and oxygen atoms in total. The molecule has 0 aliphatic heterocycles. The fourth-order valence-corrected chi connectivity index (χ4v) is 1.61. The van der Waals surface area contributed by atoms with Crippen LogP contribution in [-0.4, -0.2) is 0 Å². The predicted molar refractivity (Wildman–Crippen MR) is 51.0 cm³/mol. The van der Waals surface area contributed by atoms with Gasteiger partial charge in [0.05, 0.1) is 0 Å². The summed E-state index contributed by atoms with van der Waals surface area (Å²) >= 11 is 0. The minimum atomic E-state index is 0.941. The first kappa shape index (κ1) is 7.43. The highest BCUT2D eigenvalue weighted by Gasteiger charge is 2.02. The van der Waals surface area contributed by atoms with Crippen LogP contribution in [0.25, 0.3) is 0 Å². The summed E-state index contributed by atoms with van der Waals surface area (Å²) in [7, 11) is 0. The van der Waals surface area contributed by atoms with E-state index in [1.165, 1.54) is 16.7 Å². The number of fused-ring (bicyclic) bond motifs is 1. The summed E-state index contributed by atoms with van der Waals surface area (Å²) in [6.07, 6.45) is 3.09. The van der Waals surface area contributed by atoms with E-state index in [1.807, 2.05) is 0 Å². The Labute approximate surface area is 73.6 Å². The van der Waals surface area contributed by atoms with Crippen molar-refractivity contribution in [2.24, 2.45) is 0 Å². The van der Waals surface area contributed by atoms with E-state index in [9.17, 15) is 0 Å². The Morgan fingerprint density at radius 2 is 2.08 bits per heavy atom. The van der Waals surface area contributed by atoms with Crippen molar-refractivity contribution in [3.8, 4) is 11.8 Å². The Hall–Kier alpha value is -1.22.